The summed E-state index contributed by atoms with van der Waals surface area (Å²) in [5.74, 6) is -0.585. The van der Waals surface area contributed by atoms with Crippen LogP contribution in [0.3, 0.4) is 0 Å². The van der Waals surface area contributed by atoms with Gasteiger partial charge >= 0.3 is 5.97 Å². The Labute approximate surface area is 113 Å². The van der Waals surface area contributed by atoms with Gasteiger partial charge in [0.1, 0.15) is 0 Å². The normalized spacial score (nSPS) is 12.9. The molecule has 1 aromatic carbocycles. The van der Waals surface area contributed by atoms with Gasteiger partial charge in [-0.1, -0.05) is 30.3 Å². The summed E-state index contributed by atoms with van der Waals surface area (Å²) >= 11 is 0. The molecule has 6 heteroatoms. The SMILES string of the molecule is CC(=O)OC[C@@H](COS(C)(=O)=O)Cc1ccccc1. The third-order valence-electron chi connectivity index (χ3n) is 2.41. The number of rotatable bonds is 7. The Bertz CT molecular complexity index is 495. The summed E-state index contributed by atoms with van der Waals surface area (Å²) in [6.07, 6.45) is 1.59. The number of hydrogen-bond acceptors (Lipinski definition) is 5. The van der Waals surface area contributed by atoms with Gasteiger partial charge in [-0.05, 0) is 12.0 Å². The molecule has 0 spiro atoms. The van der Waals surface area contributed by atoms with E-state index in [0.29, 0.717) is 6.42 Å². The molecule has 1 aromatic rings. The predicted molar refractivity (Wildman–Crippen MR) is 71.1 cm³/mol. The van der Waals surface area contributed by atoms with E-state index in [0.717, 1.165) is 11.8 Å². The van der Waals surface area contributed by atoms with Crippen LogP contribution < -0.4 is 0 Å². The zero-order chi connectivity index (χ0) is 14.3. The van der Waals surface area contributed by atoms with E-state index in [1.165, 1.54) is 6.92 Å². The molecule has 0 aliphatic carbocycles. The first-order valence-corrected chi connectivity index (χ1v) is 7.70. The highest BCUT2D eigenvalue weighted by Gasteiger charge is 2.15. The summed E-state index contributed by atoms with van der Waals surface area (Å²) < 4.78 is 31.7. The summed E-state index contributed by atoms with van der Waals surface area (Å²) in [6, 6.07) is 9.56. The molecule has 0 heterocycles. The van der Waals surface area contributed by atoms with Gasteiger partial charge in [0, 0.05) is 12.8 Å². The fourth-order valence-electron chi connectivity index (χ4n) is 1.57. The summed E-state index contributed by atoms with van der Waals surface area (Å²) in [7, 11) is -3.49. The van der Waals surface area contributed by atoms with Gasteiger partial charge in [0.05, 0.1) is 19.5 Å². The van der Waals surface area contributed by atoms with Crippen LogP contribution in [0.15, 0.2) is 30.3 Å². The second-order valence-electron chi connectivity index (χ2n) is 4.35. The van der Waals surface area contributed by atoms with Crippen LogP contribution >= 0.6 is 0 Å². The average molecular weight is 286 g/mol. The van der Waals surface area contributed by atoms with Crippen molar-refractivity contribution in [1.82, 2.24) is 0 Å². The molecule has 0 N–H and O–H groups in total. The van der Waals surface area contributed by atoms with Crippen molar-refractivity contribution < 1.29 is 22.1 Å². The monoisotopic (exact) mass is 286 g/mol. The molecule has 0 unspecified atom stereocenters. The Morgan fingerprint density at radius 1 is 1.21 bits per heavy atom. The minimum Gasteiger partial charge on any atom is -0.465 e. The van der Waals surface area contributed by atoms with Crippen molar-refractivity contribution in [3.8, 4) is 0 Å². The molecule has 106 valence electrons. The minimum absolute atomic E-state index is 0.001000. The lowest BCUT2D eigenvalue weighted by Crippen LogP contribution is -2.22. The summed E-state index contributed by atoms with van der Waals surface area (Å²) in [6.45, 7) is 1.46. The molecular weight excluding hydrogens is 268 g/mol. The second kappa shape index (κ2) is 7.25. The zero-order valence-electron chi connectivity index (χ0n) is 11.0. The first-order valence-electron chi connectivity index (χ1n) is 5.88. The Morgan fingerprint density at radius 3 is 2.37 bits per heavy atom. The molecule has 0 radical (unpaired) electrons. The van der Waals surface area contributed by atoms with Crippen molar-refractivity contribution in [2.45, 2.75) is 13.3 Å². The second-order valence-corrected chi connectivity index (χ2v) is 5.99. The molecule has 0 saturated carbocycles. The number of esters is 1. The van der Waals surface area contributed by atoms with Gasteiger partial charge in [0.15, 0.2) is 0 Å². The largest absolute Gasteiger partial charge is 0.465 e. The van der Waals surface area contributed by atoms with Crippen LogP contribution in [0.25, 0.3) is 0 Å². The summed E-state index contributed by atoms with van der Waals surface area (Å²) in [5, 5.41) is 0. The Kier molecular flexibility index (Phi) is 5.98. The fraction of sp³-hybridized carbons (Fsp3) is 0.462. The van der Waals surface area contributed by atoms with Gasteiger partial charge in [0.2, 0.25) is 0 Å². The molecule has 0 amide bonds. The highest BCUT2D eigenvalue weighted by molar-refractivity contribution is 7.85. The van der Waals surface area contributed by atoms with E-state index < -0.39 is 16.1 Å². The number of benzene rings is 1. The Balaban J connectivity index is 2.60. The van der Waals surface area contributed by atoms with Crippen molar-refractivity contribution in [3.63, 3.8) is 0 Å². The molecule has 0 saturated heterocycles. The molecule has 0 bridgehead atoms. The number of ether oxygens (including phenoxy) is 1. The van der Waals surface area contributed by atoms with Gasteiger partial charge in [-0.15, -0.1) is 0 Å². The summed E-state index contributed by atoms with van der Waals surface area (Å²) in [4.78, 5) is 10.8. The van der Waals surface area contributed by atoms with E-state index in [4.69, 9.17) is 8.92 Å². The number of carbonyl (C=O) groups excluding carboxylic acids is 1. The maximum atomic E-state index is 11.0. The van der Waals surface area contributed by atoms with E-state index in [-0.39, 0.29) is 19.1 Å². The van der Waals surface area contributed by atoms with Crippen LogP contribution in [-0.2, 0) is 30.3 Å². The highest BCUT2D eigenvalue weighted by atomic mass is 32.2. The minimum atomic E-state index is -3.49. The standard InChI is InChI=1S/C13H18O5S/c1-11(14)17-9-13(10-18-19(2,15)16)8-12-6-4-3-5-7-12/h3-7,13H,8-10H2,1-2H3/t13-/m0/s1. The van der Waals surface area contributed by atoms with E-state index in [2.05, 4.69) is 0 Å². The molecule has 0 aliphatic heterocycles. The third kappa shape index (κ3) is 7.58. The molecule has 19 heavy (non-hydrogen) atoms. The van der Waals surface area contributed by atoms with Crippen molar-refractivity contribution in [2.24, 2.45) is 5.92 Å². The smallest absolute Gasteiger partial charge is 0.302 e. The average Bonchev–Trinajstić information content (AvgIpc) is 2.33. The summed E-state index contributed by atoms with van der Waals surface area (Å²) in [5.41, 5.74) is 1.04. The van der Waals surface area contributed by atoms with Crippen LogP contribution in [0.4, 0.5) is 0 Å². The fourth-order valence-corrected chi connectivity index (χ4v) is 2.01. The molecule has 0 aromatic heterocycles. The quantitative estimate of drug-likeness (QED) is 0.559. The molecule has 1 atom stereocenters. The predicted octanol–water partition coefficient (Wildman–Crippen LogP) is 1.38. The van der Waals surface area contributed by atoms with Gasteiger partial charge < -0.3 is 4.74 Å². The van der Waals surface area contributed by atoms with E-state index in [1.807, 2.05) is 30.3 Å². The van der Waals surface area contributed by atoms with Crippen molar-refractivity contribution in [1.29, 1.82) is 0 Å². The molecule has 0 aliphatic rings. The maximum Gasteiger partial charge on any atom is 0.302 e. The van der Waals surface area contributed by atoms with Gasteiger partial charge in [-0.2, -0.15) is 8.42 Å². The topological polar surface area (TPSA) is 69.7 Å². The lowest BCUT2D eigenvalue weighted by molar-refractivity contribution is -0.142. The van der Waals surface area contributed by atoms with Gasteiger partial charge in [-0.3, -0.25) is 8.98 Å². The Hall–Kier alpha value is -1.40. The van der Waals surface area contributed by atoms with Gasteiger partial charge in [-0.25, -0.2) is 0 Å². The van der Waals surface area contributed by atoms with Crippen LogP contribution in [-0.4, -0.2) is 33.9 Å². The maximum absolute atomic E-state index is 11.0. The van der Waals surface area contributed by atoms with Crippen LogP contribution in [0, 0.1) is 5.92 Å². The molecule has 5 nitrogen and oxygen atoms in total. The molecule has 1 rings (SSSR count). The van der Waals surface area contributed by atoms with E-state index in [1.54, 1.807) is 0 Å². The lowest BCUT2D eigenvalue weighted by Gasteiger charge is -2.16. The lowest BCUT2D eigenvalue weighted by atomic mass is 10.0. The van der Waals surface area contributed by atoms with E-state index in [9.17, 15) is 13.2 Å². The van der Waals surface area contributed by atoms with Crippen molar-refractivity contribution in [2.75, 3.05) is 19.5 Å². The van der Waals surface area contributed by atoms with Gasteiger partial charge in [0.25, 0.3) is 10.1 Å². The highest BCUT2D eigenvalue weighted by Crippen LogP contribution is 2.11. The van der Waals surface area contributed by atoms with Crippen LogP contribution in [0.2, 0.25) is 0 Å². The van der Waals surface area contributed by atoms with Crippen molar-refractivity contribution in [3.05, 3.63) is 35.9 Å². The number of hydrogen-bond donors (Lipinski definition) is 0. The van der Waals surface area contributed by atoms with Crippen molar-refractivity contribution >= 4 is 16.1 Å². The zero-order valence-corrected chi connectivity index (χ0v) is 11.9. The Morgan fingerprint density at radius 2 is 1.84 bits per heavy atom. The van der Waals surface area contributed by atoms with E-state index >= 15 is 0 Å². The third-order valence-corrected chi connectivity index (χ3v) is 2.97. The number of carbonyl (C=O) groups is 1. The molecular formula is C13H18O5S. The first kappa shape index (κ1) is 15.7. The van der Waals surface area contributed by atoms with Crippen LogP contribution in [0.1, 0.15) is 12.5 Å². The van der Waals surface area contributed by atoms with Crippen LogP contribution in [0.5, 0.6) is 0 Å². The molecule has 0 fully saturated rings. The first-order chi connectivity index (χ1) is 8.87.